The van der Waals surface area contributed by atoms with Crippen molar-refractivity contribution in [3.63, 3.8) is 0 Å². The molecule has 0 aliphatic carbocycles. The fraction of sp³-hybridized carbons (Fsp3) is 0. The van der Waals surface area contributed by atoms with Crippen LogP contribution in [0.5, 0.6) is 11.8 Å². The summed E-state index contributed by atoms with van der Waals surface area (Å²) in [5.74, 6) is -0.293. The molecular weight excluding hydrogens is 297 g/mol. The van der Waals surface area contributed by atoms with Gasteiger partial charge in [-0.1, -0.05) is 11.6 Å². The number of nitrogens with zero attached hydrogens (tertiary/aromatic N) is 1. The number of nitrogen functional groups attached to an aromatic ring is 1. The molecule has 1 aromatic heterocycles. The summed E-state index contributed by atoms with van der Waals surface area (Å²) in [7, 11) is 0. The zero-order chi connectivity index (χ0) is 15.0. The van der Waals surface area contributed by atoms with Gasteiger partial charge in [0.25, 0.3) is 5.56 Å². The van der Waals surface area contributed by atoms with Crippen LogP contribution in [0.2, 0.25) is 5.02 Å². The molecule has 0 spiro atoms. The Bertz CT molecular complexity index is 895. The number of aromatic amines is 1. The van der Waals surface area contributed by atoms with Crippen LogP contribution in [-0.2, 0) is 0 Å². The lowest BCUT2D eigenvalue weighted by Gasteiger charge is -2.07. The minimum Gasteiger partial charge on any atom is -0.424 e. The largest absolute Gasteiger partial charge is 0.424 e. The molecule has 0 saturated carbocycles. The highest BCUT2D eigenvalue weighted by atomic mass is 35.5. The smallest absolute Gasteiger partial charge is 0.302 e. The minimum absolute atomic E-state index is 0.0363. The third-order valence-corrected chi connectivity index (χ3v) is 3.10. The van der Waals surface area contributed by atoms with Crippen molar-refractivity contribution in [2.75, 3.05) is 5.73 Å². The molecule has 1 heterocycles. The SMILES string of the molecule is Nc1ccc2nc(Oc3ccc(F)cc3Cl)[nH]c(=O)c2c1. The fourth-order valence-electron chi connectivity index (χ4n) is 1.85. The third-order valence-electron chi connectivity index (χ3n) is 2.81. The fourth-order valence-corrected chi connectivity index (χ4v) is 2.05. The first-order valence-corrected chi connectivity index (χ1v) is 6.33. The number of hydrogen-bond acceptors (Lipinski definition) is 4. The van der Waals surface area contributed by atoms with Gasteiger partial charge in [-0.15, -0.1) is 0 Å². The second-order valence-corrected chi connectivity index (χ2v) is 4.73. The van der Waals surface area contributed by atoms with E-state index in [0.29, 0.717) is 16.6 Å². The number of H-pyrrole nitrogens is 1. The Kier molecular flexibility index (Phi) is 3.23. The lowest BCUT2D eigenvalue weighted by molar-refractivity contribution is 0.441. The third kappa shape index (κ3) is 2.66. The van der Waals surface area contributed by atoms with Crippen LogP contribution in [0.25, 0.3) is 10.9 Å². The molecule has 5 nitrogen and oxygen atoms in total. The van der Waals surface area contributed by atoms with E-state index in [9.17, 15) is 9.18 Å². The van der Waals surface area contributed by atoms with Crippen LogP contribution in [0.1, 0.15) is 0 Å². The molecule has 0 bridgehead atoms. The van der Waals surface area contributed by atoms with Crippen LogP contribution in [0.3, 0.4) is 0 Å². The van der Waals surface area contributed by atoms with Crippen molar-refractivity contribution in [3.8, 4) is 11.8 Å². The molecule has 0 aliphatic heterocycles. The zero-order valence-corrected chi connectivity index (χ0v) is 11.3. The van der Waals surface area contributed by atoms with E-state index < -0.39 is 5.82 Å². The van der Waals surface area contributed by atoms with E-state index in [1.54, 1.807) is 12.1 Å². The van der Waals surface area contributed by atoms with Crippen molar-refractivity contribution in [1.82, 2.24) is 9.97 Å². The Balaban J connectivity index is 2.05. The molecule has 0 unspecified atom stereocenters. The van der Waals surface area contributed by atoms with Gasteiger partial charge in [0.2, 0.25) is 0 Å². The average Bonchev–Trinajstić information content (AvgIpc) is 2.43. The van der Waals surface area contributed by atoms with Crippen molar-refractivity contribution in [3.05, 3.63) is 57.6 Å². The Hall–Kier alpha value is -2.60. The van der Waals surface area contributed by atoms with Gasteiger partial charge < -0.3 is 10.5 Å². The van der Waals surface area contributed by atoms with Gasteiger partial charge in [0, 0.05) is 5.69 Å². The summed E-state index contributed by atoms with van der Waals surface area (Å²) in [5, 5.41) is 0.433. The molecule has 0 aliphatic rings. The molecule has 3 N–H and O–H groups in total. The Morgan fingerprint density at radius 1 is 1.24 bits per heavy atom. The van der Waals surface area contributed by atoms with Crippen molar-refractivity contribution in [2.24, 2.45) is 0 Å². The first kappa shape index (κ1) is 13.4. The van der Waals surface area contributed by atoms with E-state index >= 15 is 0 Å². The van der Waals surface area contributed by atoms with Crippen molar-refractivity contribution >= 4 is 28.2 Å². The van der Waals surface area contributed by atoms with Gasteiger partial charge >= 0.3 is 6.01 Å². The second kappa shape index (κ2) is 5.06. The number of fused-ring (bicyclic) bond motifs is 1. The van der Waals surface area contributed by atoms with E-state index in [2.05, 4.69) is 9.97 Å². The maximum atomic E-state index is 13.0. The number of anilines is 1. The number of halogens is 2. The number of rotatable bonds is 2. The molecule has 106 valence electrons. The minimum atomic E-state index is -0.484. The number of aromatic nitrogens is 2. The molecule has 0 radical (unpaired) electrons. The molecule has 7 heteroatoms. The van der Waals surface area contributed by atoms with Gasteiger partial charge in [-0.05, 0) is 36.4 Å². The monoisotopic (exact) mass is 305 g/mol. The molecule has 0 amide bonds. The van der Waals surface area contributed by atoms with E-state index in [1.165, 1.54) is 18.2 Å². The van der Waals surface area contributed by atoms with Gasteiger partial charge in [-0.25, -0.2) is 4.39 Å². The molecule has 0 atom stereocenters. The zero-order valence-electron chi connectivity index (χ0n) is 10.6. The van der Waals surface area contributed by atoms with E-state index in [1.807, 2.05) is 0 Å². The summed E-state index contributed by atoms with van der Waals surface area (Å²) in [4.78, 5) is 18.6. The summed E-state index contributed by atoms with van der Waals surface area (Å²) in [6, 6.07) is 8.38. The van der Waals surface area contributed by atoms with Gasteiger partial charge in [0.15, 0.2) is 0 Å². The highest BCUT2D eigenvalue weighted by Gasteiger charge is 2.09. The van der Waals surface area contributed by atoms with Crippen molar-refractivity contribution in [2.45, 2.75) is 0 Å². The standard InChI is InChI=1S/C14H9ClFN3O2/c15-10-5-7(16)1-4-12(10)21-14-18-11-3-2-8(17)6-9(11)13(20)19-14/h1-6H,17H2,(H,18,19,20). The highest BCUT2D eigenvalue weighted by Crippen LogP contribution is 2.28. The average molecular weight is 306 g/mol. The van der Waals surface area contributed by atoms with Gasteiger partial charge in [0.05, 0.1) is 15.9 Å². The van der Waals surface area contributed by atoms with E-state index in [-0.39, 0.29) is 22.3 Å². The van der Waals surface area contributed by atoms with E-state index in [4.69, 9.17) is 22.1 Å². The van der Waals surface area contributed by atoms with Crippen LogP contribution in [0.4, 0.5) is 10.1 Å². The molecule has 3 aromatic rings. The van der Waals surface area contributed by atoms with Crippen molar-refractivity contribution in [1.29, 1.82) is 0 Å². The predicted octanol–water partition coefficient (Wildman–Crippen LogP) is 3.09. The van der Waals surface area contributed by atoms with E-state index in [0.717, 1.165) is 6.07 Å². The quantitative estimate of drug-likeness (QED) is 0.713. The maximum absolute atomic E-state index is 13.0. The molecule has 3 rings (SSSR count). The van der Waals surface area contributed by atoms with Crippen LogP contribution in [-0.4, -0.2) is 9.97 Å². The van der Waals surface area contributed by atoms with Gasteiger partial charge in [-0.2, -0.15) is 4.98 Å². The summed E-state index contributed by atoms with van der Waals surface area (Å²) in [6.45, 7) is 0. The maximum Gasteiger partial charge on any atom is 0.302 e. The molecule has 0 fully saturated rings. The molecule has 21 heavy (non-hydrogen) atoms. The van der Waals surface area contributed by atoms with Crippen LogP contribution in [0.15, 0.2) is 41.2 Å². The summed E-state index contributed by atoms with van der Waals surface area (Å²) in [6.07, 6.45) is 0. The lowest BCUT2D eigenvalue weighted by atomic mass is 10.2. The number of nitrogens with one attached hydrogen (secondary N) is 1. The summed E-state index contributed by atoms with van der Waals surface area (Å²) < 4.78 is 18.4. The van der Waals surface area contributed by atoms with Crippen LogP contribution >= 0.6 is 11.6 Å². The Labute approximate surface area is 123 Å². The normalized spacial score (nSPS) is 10.8. The Morgan fingerprint density at radius 2 is 2.05 bits per heavy atom. The van der Waals surface area contributed by atoms with Crippen LogP contribution in [0, 0.1) is 5.82 Å². The molecule has 0 saturated heterocycles. The number of benzene rings is 2. The number of ether oxygens (including phenoxy) is 1. The van der Waals surface area contributed by atoms with Gasteiger partial charge in [-0.3, -0.25) is 9.78 Å². The lowest BCUT2D eigenvalue weighted by Crippen LogP contribution is -2.09. The topological polar surface area (TPSA) is 81.0 Å². The second-order valence-electron chi connectivity index (χ2n) is 4.32. The number of hydrogen-bond donors (Lipinski definition) is 2. The summed E-state index contributed by atoms with van der Waals surface area (Å²) >= 11 is 5.86. The van der Waals surface area contributed by atoms with Crippen LogP contribution < -0.4 is 16.0 Å². The molecule has 2 aromatic carbocycles. The first-order valence-electron chi connectivity index (χ1n) is 5.95. The highest BCUT2D eigenvalue weighted by molar-refractivity contribution is 6.32. The van der Waals surface area contributed by atoms with Crippen molar-refractivity contribution < 1.29 is 9.13 Å². The predicted molar refractivity (Wildman–Crippen MR) is 78.3 cm³/mol. The number of nitrogens with two attached hydrogens (primary N) is 1. The first-order chi connectivity index (χ1) is 10.0. The van der Waals surface area contributed by atoms with Gasteiger partial charge in [0.1, 0.15) is 11.6 Å². The molecular formula is C14H9ClFN3O2. The summed E-state index contributed by atoms with van der Waals surface area (Å²) in [5.41, 5.74) is 6.13. The Morgan fingerprint density at radius 3 is 2.81 bits per heavy atom.